The van der Waals surface area contributed by atoms with E-state index in [0.29, 0.717) is 19.6 Å². The second kappa shape index (κ2) is 8.90. The molecule has 1 aliphatic rings. The van der Waals surface area contributed by atoms with Crippen LogP contribution in [0.25, 0.3) is 0 Å². The number of hydrogen-bond donors (Lipinski definition) is 1. The molecule has 1 saturated heterocycles. The molecule has 2 heterocycles. The third kappa shape index (κ3) is 5.01. The average molecular weight is 372 g/mol. The van der Waals surface area contributed by atoms with Gasteiger partial charge in [-0.25, -0.2) is 4.79 Å². The number of hydrogen-bond acceptors (Lipinski definition) is 4. The lowest BCUT2D eigenvalue weighted by atomic mass is 10.2. The number of aromatic nitrogens is 2. The molecule has 2 amide bonds. The average Bonchev–Trinajstić information content (AvgIpc) is 3.31. The maximum atomic E-state index is 12.9. The van der Waals surface area contributed by atoms with Crippen molar-refractivity contribution in [1.29, 1.82) is 0 Å². The number of methoxy groups -OCH3 is 1. The van der Waals surface area contributed by atoms with Crippen molar-refractivity contribution in [3.05, 3.63) is 47.3 Å². The maximum absolute atomic E-state index is 12.9. The molecule has 0 saturated carbocycles. The van der Waals surface area contributed by atoms with Gasteiger partial charge in [-0.05, 0) is 37.5 Å². The summed E-state index contributed by atoms with van der Waals surface area (Å²) in [7, 11) is 3.54. The highest BCUT2D eigenvalue weighted by Gasteiger charge is 2.23. The number of aryl methyl sites for hydroxylation is 1. The lowest BCUT2D eigenvalue weighted by Crippen LogP contribution is -2.43. The largest absolute Gasteiger partial charge is 0.497 e. The Morgan fingerprint density at radius 1 is 1.41 bits per heavy atom. The zero-order valence-corrected chi connectivity index (χ0v) is 16.3. The van der Waals surface area contributed by atoms with Crippen LogP contribution < -0.4 is 10.1 Å². The highest BCUT2D eigenvalue weighted by atomic mass is 16.5. The fourth-order valence-electron chi connectivity index (χ4n) is 3.21. The molecule has 0 unspecified atom stereocenters. The summed E-state index contributed by atoms with van der Waals surface area (Å²) in [6.45, 7) is 4.35. The van der Waals surface area contributed by atoms with Crippen molar-refractivity contribution in [1.82, 2.24) is 20.0 Å². The lowest BCUT2D eigenvalue weighted by molar-refractivity contribution is 0.0794. The smallest absolute Gasteiger partial charge is 0.318 e. The van der Waals surface area contributed by atoms with Crippen molar-refractivity contribution in [2.24, 2.45) is 7.05 Å². The van der Waals surface area contributed by atoms with Crippen LogP contribution in [-0.4, -0.2) is 47.1 Å². The van der Waals surface area contributed by atoms with Gasteiger partial charge >= 0.3 is 6.03 Å². The molecule has 1 fully saturated rings. The monoisotopic (exact) mass is 372 g/mol. The van der Waals surface area contributed by atoms with Gasteiger partial charge in [-0.3, -0.25) is 4.68 Å². The first-order valence-electron chi connectivity index (χ1n) is 9.31. The molecule has 7 nitrogen and oxygen atoms in total. The van der Waals surface area contributed by atoms with E-state index in [1.807, 2.05) is 47.8 Å². The number of urea groups is 1. The number of carbonyl (C=O) groups excluding carboxylic acids is 1. The quantitative estimate of drug-likeness (QED) is 0.811. The normalized spacial score (nSPS) is 16.3. The minimum absolute atomic E-state index is 0.0930. The van der Waals surface area contributed by atoms with E-state index < -0.39 is 0 Å². The van der Waals surface area contributed by atoms with Gasteiger partial charge in [0.1, 0.15) is 5.75 Å². The van der Waals surface area contributed by atoms with Crippen LogP contribution in [0.15, 0.2) is 30.5 Å². The second-order valence-electron chi connectivity index (χ2n) is 6.90. The van der Waals surface area contributed by atoms with Crippen LogP contribution in [0, 0.1) is 6.92 Å². The summed E-state index contributed by atoms with van der Waals surface area (Å²) in [6.07, 6.45) is 3.95. The molecule has 0 aliphatic carbocycles. The molecule has 1 N–H and O–H groups in total. The Bertz CT molecular complexity index is 751. The Hall–Kier alpha value is -2.54. The van der Waals surface area contributed by atoms with E-state index >= 15 is 0 Å². The number of nitrogens with zero attached hydrogens (tertiary/aromatic N) is 3. The predicted molar refractivity (Wildman–Crippen MR) is 103 cm³/mol. The Balaban J connectivity index is 1.65. The first-order chi connectivity index (χ1) is 13.1. The summed E-state index contributed by atoms with van der Waals surface area (Å²) in [5, 5.41) is 7.25. The van der Waals surface area contributed by atoms with Gasteiger partial charge in [-0.1, -0.05) is 12.1 Å². The molecule has 7 heteroatoms. The topological polar surface area (TPSA) is 68.6 Å². The molecule has 146 valence electrons. The summed E-state index contributed by atoms with van der Waals surface area (Å²) in [4.78, 5) is 14.7. The van der Waals surface area contributed by atoms with Gasteiger partial charge in [-0.2, -0.15) is 5.10 Å². The molecule has 1 aromatic heterocycles. The third-order valence-electron chi connectivity index (χ3n) is 5.03. The van der Waals surface area contributed by atoms with Crippen molar-refractivity contribution in [2.75, 3.05) is 20.3 Å². The highest BCUT2D eigenvalue weighted by Crippen LogP contribution is 2.17. The number of ether oxygens (including phenoxy) is 2. The molecule has 1 aliphatic heterocycles. The van der Waals surface area contributed by atoms with Gasteiger partial charge in [0, 0.05) is 44.5 Å². The third-order valence-corrected chi connectivity index (χ3v) is 5.03. The Morgan fingerprint density at radius 3 is 2.78 bits per heavy atom. The number of amides is 2. The minimum Gasteiger partial charge on any atom is -0.497 e. The number of benzene rings is 1. The fraction of sp³-hybridized carbons (Fsp3) is 0.500. The molecule has 0 radical (unpaired) electrons. The van der Waals surface area contributed by atoms with Crippen molar-refractivity contribution in [2.45, 2.75) is 39.0 Å². The number of nitrogens with one attached hydrogen (secondary N) is 1. The zero-order valence-electron chi connectivity index (χ0n) is 16.3. The van der Waals surface area contributed by atoms with Crippen molar-refractivity contribution in [3.63, 3.8) is 0 Å². The Kier molecular flexibility index (Phi) is 6.34. The molecule has 27 heavy (non-hydrogen) atoms. The number of rotatable bonds is 7. The minimum atomic E-state index is -0.0930. The molecular weight excluding hydrogens is 344 g/mol. The van der Waals surface area contributed by atoms with E-state index in [0.717, 1.165) is 42.0 Å². The van der Waals surface area contributed by atoms with Gasteiger partial charge in [0.25, 0.3) is 0 Å². The van der Waals surface area contributed by atoms with Crippen LogP contribution in [0.2, 0.25) is 0 Å². The van der Waals surface area contributed by atoms with E-state index in [2.05, 4.69) is 10.4 Å². The van der Waals surface area contributed by atoms with Crippen molar-refractivity contribution >= 4 is 6.03 Å². The summed E-state index contributed by atoms with van der Waals surface area (Å²) < 4.78 is 12.8. The lowest BCUT2D eigenvalue weighted by Gasteiger charge is -2.26. The van der Waals surface area contributed by atoms with Gasteiger partial charge in [0.15, 0.2) is 0 Å². The summed E-state index contributed by atoms with van der Waals surface area (Å²) >= 11 is 0. The van der Waals surface area contributed by atoms with Crippen molar-refractivity contribution in [3.8, 4) is 5.75 Å². The summed E-state index contributed by atoms with van der Waals surface area (Å²) in [5.41, 5.74) is 3.13. The molecule has 1 atom stereocenters. The van der Waals surface area contributed by atoms with Crippen LogP contribution in [0.5, 0.6) is 5.75 Å². The van der Waals surface area contributed by atoms with Crippen LogP contribution >= 0.6 is 0 Å². The van der Waals surface area contributed by atoms with Crippen LogP contribution in [0.4, 0.5) is 4.79 Å². The first-order valence-corrected chi connectivity index (χ1v) is 9.31. The van der Waals surface area contributed by atoms with Gasteiger partial charge < -0.3 is 19.7 Å². The van der Waals surface area contributed by atoms with Crippen LogP contribution in [-0.2, 0) is 24.9 Å². The van der Waals surface area contributed by atoms with Gasteiger partial charge in [-0.15, -0.1) is 0 Å². The number of carbonyl (C=O) groups is 1. The maximum Gasteiger partial charge on any atom is 0.318 e. The molecule has 0 spiro atoms. The Morgan fingerprint density at radius 2 is 2.19 bits per heavy atom. The van der Waals surface area contributed by atoms with E-state index in [1.54, 1.807) is 13.3 Å². The van der Waals surface area contributed by atoms with E-state index in [1.165, 1.54) is 0 Å². The van der Waals surface area contributed by atoms with E-state index in [-0.39, 0.29) is 12.1 Å². The second-order valence-corrected chi connectivity index (χ2v) is 6.90. The predicted octanol–water partition coefficient (Wildman–Crippen LogP) is 2.63. The molecule has 3 rings (SSSR count). The highest BCUT2D eigenvalue weighted by molar-refractivity contribution is 5.74. The van der Waals surface area contributed by atoms with E-state index in [4.69, 9.17) is 9.47 Å². The van der Waals surface area contributed by atoms with Crippen molar-refractivity contribution < 1.29 is 14.3 Å². The van der Waals surface area contributed by atoms with E-state index in [9.17, 15) is 4.79 Å². The first kappa shape index (κ1) is 19.2. The molecular formula is C20H28N4O3. The Labute approximate surface area is 160 Å². The standard InChI is InChI=1S/C20H28N4O3/c1-15-17(12-22-23(15)2)11-21-20(25)24(14-19-5-4-10-27-19)13-16-6-8-18(26-3)9-7-16/h6-9,12,19H,4-5,10-11,13-14H2,1-3H3,(H,21,25)/t19-/m1/s1. The van der Waals surface area contributed by atoms with Gasteiger partial charge in [0.05, 0.1) is 19.4 Å². The van der Waals surface area contributed by atoms with Gasteiger partial charge in [0.2, 0.25) is 0 Å². The molecule has 2 aromatic rings. The molecule has 0 bridgehead atoms. The summed E-state index contributed by atoms with van der Waals surface area (Å²) in [5.74, 6) is 0.806. The van der Waals surface area contributed by atoms with Crippen LogP contribution in [0.3, 0.4) is 0 Å². The summed E-state index contributed by atoms with van der Waals surface area (Å²) in [6, 6.07) is 7.71. The zero-order chi connectivity index (χ0) is 19.2. The molecule has 1 aromatic carbocycles. The SMILES string of the molecule is COc1ccc(CN(C[C@H]2CCCO2)C(=O)NCc2cnn(C)c2C)cc1. The van der Waals surface area contributed by atoms with Crippen LogP contribution in [0.1, 0.15) is 29.7 Å². The fourth-order valence-corrected chi connectivity index (χ4v) is 3.21.